The molecule has 6 nitrogen and oxygen atoms in total. The number of carbonyl (C=O) groups is 1. The second-order valence-electron chi connectivity index (χ2n) is 7.08. The molecule has 0 bridgehead atoms. The summed E-state index contributed by atoms with van der Waals surface area (Å²) in [4.78, 5) is 38.9. The van der Waals surface area contributed by atoms with E-state index in [1.807, 2.05) is 37.3 Å². The van der Waals surface area contributed by atoms with Crippen LogP contribution in [0.2, 0.25) is 0 Å². The first-order valence-corrected chi connectivity index (χ1v) is 10.5. The molecule has 0 spiro atoms. The minimum Gasteiger partial charge on any atom is -0.325 e. The third-order valence-electron chi connectivity index (χ3n) is 4.96. The molecule has 2 aromatic carbocycles. The number of amides is 1. The fourth-order valence-corrected chi connectivity index (χ4v) is 4.23. The van der Waals surface area contributed by atoms with Gasteiger partial charge in [0.05, 0.1) is 11.2 Å². The zero-order valence-electron chi connectivity index (χ0n) is 16.7. The smallest absolute Gasteiger partial charge is 0.325 e. The summed E-state index contributed by atoms with van der Waals surface area (Å²) in [6.45, 7) is 3.77. The number of hydrogen-bond donors (Lipinski definition) is 1. The van der Waals surface area contributed by atoms with Crippen molar-refractivity contribution in [2.75, 3.05) is 5.32 Å². The van der Waals surface area contributed by atoms with Crippen LogP contribution in [0.5, 0.6) is 0 Å². The number of aryl methyl sites for hydroxylation is 2. The van der Waals surface area contributed by atoms with Gasteiger partial charge in [0, 0.05) is 5.69 Å². The molecule has 1 N–H and O–H groups in total. The first-order valence-electron chi connectivity index (χ1n) is 9.67. The molecule has 1 amide bonds. The topological polar surface area (TPSA) is 73.1 Å². The second-order valence-corrected chi connectivity index (χ2v) is 8.00. The lowest BCUT2D eigenvalue weighted by Crippen LogP contribution is -2.40. The SMILES string of the molecule is CCc1ccc(NC(=O)Cn2c(=O)n(-c3cccc(C)c3)c(=O)c3sccc32)cc1. The number of benzene rings is 2. The number of rotatable bonds is 5. The van der Waals surface area contributed by atoms with Gasteiger partial charge in [0.25, 0.3) is 5.56 Å². The highest BCUT2D eigenvalue weighted by Crippen LogP contribution is 2.17. The predicted octanol–water partition coefficient (Wildman–Crippen LogP) is 3.72. The highest BCUT2D eigenvalue weighted by atomic mass is 32.1. The Bertz CT molecular complexity index is 1350. The maximum atomic E-state index is 13.2. The van der Waals surface area contributed by atoms with Crippen molar-refractivity contribution in [2.45, 2.75) is 26.8 Å². The lowest BCUT2D eigenvalue weighted by Gasteiger charge is -2.13. The number of carbonyl (C=O) groups excluding carboxylic acids is 1. The lowest BCUT2D eigenvalue weighted by atomic mass is 10.1. The van der Waals surface area contributed by atoms with Crippen molar-refractivity contribution < 1.29 is 4.79 Å². The molecule has 0 fully saturated rings. The van der Waals surface area contributed by atoms with E-state index in [0.29, 0.717) is 21.6 Å². The van der Waals surface area contributed by atoms with Gasteiger partial charge in [0.2, 0.25) is 5.91 Å². The highest BCUT2D eigenvalue weighted by Gasteiger charge is 2.17. The van der Waals surface area contributed by atoms with Crippen LogP contribution < -0.4 is 16.6 Å². The molecule has 30 heavy (non-hydrogen) atoms. The maximum Gasteiger partial charge on any atom is 0.336 e. The van der Waals surface area contributed by atoms with Crippen molar-refractivity contribution in [1.82, 2.24) is 9.13 Å². The van der Waals surface area contributed by atoms with Gasteiger partial charge in [-0.2, -0.15) is 0 Å². The number of nitrogens with one attached hydrogen (secondary N) is 1. The molecule has 152 valence electrons. The van der Waals surface area contributed by atoms with E-state index in [0.717, 1.165) is 16.6 Å². The third kappa shape index (κ3) is 3.71. The Morgan fingerprint density at radius 3 is 2.53 bits per heavy atom. The molecule has 0 aliphatic carbocycles. The minimum atomic E-state index is -0.534. The molecule has 4 aromatic rings. The lowest BCUT2D eigenvalue weighted by molar-refractivity contribution is -0.116. The minimum absolute atomic E-state index is 0.187. The number of nitrogens with zero attached hydrogens (tertiary/aromatic N) is 2. The van der Waals surface area contributed by atoms with E-state index in [-0.39, 0.29) is 18.0 Å². The molecule has 0 aliphatic rings. The summed E-state index contributed by atoms with van der Waals surface area (Å²) in [5.41, 5.74) is 2.83. The van der Waals surface area contributed by atoms with E-state index in [2.05, 4.69) is 12.2 Å². The summed E-state index contributed by atoms with van der Waals surface area (Å²) < 4.78 is 2.93. The Morgan fingerprint density at radius 1 is 1.07 bits per heavy atom. The number of thiophene rings is 1. The Kier molecular flexibility index (Phi) is 5.37. The fraction of sp³-hybridized carbons (Fsp3) is 0.174. The molecule has 2 heterocycles. The van der Waals surface area contributed by atoms with E-state index < -0.39 is 5.69 Å². The van der Waals surface area contributed by atoms with Crippen molar-refractivity contribution in [3.63, 3.8) is 0 Å². The van der Waals surface area contributed by atoms with Gasteiger partial charge in [-0.1, -0.05) is 31.2 Å². The van der Waals surface area contributed by atoms with Crippen LogP contribution in [-0.4, -0.2) is 15.0 Å². The average Bonchev–Trinajstić information content (AvgIpc) is 3.22. The Labute approximate surface area is 177 Å². The van der Waals surface area contributed by atoms with E-state index in [9.17, 15) is 14.4 Å². The largest absolute Gasteiger partial charge is 0.336 e. The van der Waals surface area contributed by atoms with Crippen molar-refractivity contribution >= 4 is 33.1 Å². The van der Waals surface area contributed by atoms with E-state index in [1.165, 1.54) is 21.5 Å². The van der Waals surface area contributed by atoms with Gasteiger partial charge in [-0.05, 0) is 60.2 Å². The van der Waals surface area contributed by atoms with E-state index >= 15 is 0 Å². The normalized spacial score (nSPS) is 11.0. The molecule has 0 unspecified atom stereocenters. The van der Waals surface area contributed by atoms with Crippen molar-refractivity contribution in [1.29, 1.82) is 0 Å². The van der Waals surface area contributed by atoms with Crippen molar-refractivity contribution in [3.05, 3.63) is 91.9 Å². The standard InChI is InChI=1S/C23H21N3O3S/c1-3-16-7-9-17(10-8-16)24-20(27)14-25-19-11-12-30-21(19)22(28)26(23(25)29)18-6-4-5-15(2)13-18/h4-13H,3,14H2,1-2H3,(H,24,27). The molecule has 0 atom stereocenters. The van der Waals surface area contributed by atoms with Gasteiger partial charge in [-0.3, -0.25) is 14.2 Å². The van der Waals surface area contributed by atoms with Gasteiger partial charge >= 0.3 is 5.69 Å². The number of hydrogen-bond acceptors (Lipinski definition) is 4. The monoisotopic (exact) mass is 419 g/mol. The van der Waals surface area contributed by atoms with Crippen LogP contribution in [0.15, 0.2) is 69.6 Å². The Balaban J connectivity index is 1.75. The molecule has 2 aromatic heterocycles. The quantitative estimate of drug-likeness (QED) is 0.536. The Morgan fingerprint density at radius 2 is 1.83 bits per heavy atom. The van der Waals surface area contributed by atoms with Gasteiger partial charge in [-0.15, -0.1) is 11.3 Å². The molecule has 0 saturated heterocycles. The zero-order chi connectivity index (χ0) is 21.3. The van der Waals surface area contributed by atoms with Gasteiger partial charge in [0.15, 0.2) is 0 Å². The molecule has 0 saturated carbocycles. The van der Waals surface area contributed by atoms with Gasteiger partial charge in [-0.25, -0.2) is 9.36 Å². The summed E-state index contributed by atoms with van der Waals surface area (Å²) in [7, 11) is 0. The van der Waals surface area contributed by atoms with Crippen molar-refractivity contribution in [3.8, 4) is 5.69 Å². The summed E-state index contributed by atoms with van der Waals surface area (Å²) in [5, 5.41) is 4.58. The first kappa shape index (κ1) is 19.8. The first-order chi connectivity index (χ1) is 14.5. The van der Waals surface area contributed by atoms with Crippen LogP contribution in [0.1, 0.15) is 18.1 Å². The van der Waals surface area contributed by atoms with Gasteiger partial charge < -0.3 is 5.32 Å². The molecular weight excluding hydrogens is 398 g/mol. The number of anilines is 1. The Hall–Kier alpha value is -3.45. The van der Waals surface area contributed by atoms with Crippen LogP contribution in [0.25, 0.3) is 15.9 Å². The molecule has 7 heteroatoms. The summed E-state index contributed by atoms with van der Waals surface area (Å²) in [5.74, 6) is -0.330. The predicted molar refractivity (Wildman–Crippen MR) is 121 cm³/mol. The number of fused-ring (bicyclic) bond motifs is 1. The fourth-order valence-electron chi connectivity index (χ4n) is 3.40. The van der Waals surface area contributed by atoms with E-state index in [1.54, 1.807) is 29.6 Å². The summed E-state index contributed by atoms with van der Waals surface area (Å²) in [6.07, 6.45) is 0.917. The van der Waals surface area contributed by atoms with Crippen LogP contribution >= 0.6 is 11.3 Å². The highest BCUT2D eigenvalue weighted by molar-refractivity contribution is 7.17. The number of aromatic nitrogens is 2. The molecule has 0 aliphatic heterocycles. The second kappa shape index (κ2) is 8.12. The van der Waals surface area contributed by atoms with Crippen LogP contribution in [0.4, 0.5) is 5.69 Å². The van der Waals surface area contributed by atoms with Crippen LogP contribution in [0, 0.1) is 6.92 Å². The summed E-state index contributed by atoms with van der Waals surface area (Å²) >= 11 is 1.26. The summed E-state index contributed by atoms with van der Waals surface area (Å²) in [6, 6.07) is 16.5. The van der Waals surface area contributed by atoms with Crippen molar-refractivity contribution in [2.24, 2.45) is 0 Å². The molecular formula is C23H21N3O3S. The van der Waals surface area contributed by atoms with E-state index in [4.69, 9.17) is 0 Å². The third-order valence-corrected chi connectivity index (χ3v) is 5.85. The zero-order valence-corrected chi connectivity index (χ0v) is 17.5. The van der Waals surface area contributed by atoms with Crippen LogP contribution in [-0.2, 0) is 17.8 Å². The maximum absolute atomic E-state index is 13.2. The average molecular weight is 420 g/mol. The van der Waals surface area contributed by atoms with Gasteiger partial charge in [0.1, 0.15) is 11.2 Å². The molecule has 0 radical (unpaired) electrons. The molecule has 4 rings (SSSR count). The van der Waals surface area contributed by atoms with Crippen LogP contribution in [0.3, 0.4) is 0 Å².